The number of anilines is 1. The van der Waals surface area contributed by atoms with Gasteiger partial charge in [-0.1, -0.05) is 19.4 Å². The Labute approximate surface area is 129 Å². The van der Waals surface area contributed by atoms with Crippen LogP contribution >= 0.6 is 0 Å². The van der Waals surface area contributed by atoms with Crippen LogP contribution in [-0.4, -0.2) is 25.4 Å². The van der Waals surface area contributed by atoms with E-state index in [0.29, 0.717) is 6.54 Å². The molecule has 118 valence electrons. The van der Waals surface area contributed by atoms with Crippen molar-refractivity contribution in [1.82, 2.24) is 5.32 Å². The number of carbonyl (C=O) groups excluding carboxylic acids is 1. The summed E-state index contributed by atoms with van der Waals surface area (Å²) in [5.74, 6) is -0.668. The van der Waals surface area contributed by atoms with Crippen molar-refractivity contribution in [2.75, 3.05) is 11.9 Å². The lowest BCUT2D eigenvalue weighted by Crippen LogP contribution is -2.17. The summed E-state index contributed by atoms with van der Waals surface area (Å²) in [7, 11) is -4.35. The third-order valence-corrected chi connectivity index (χ3v) is 3.53. The first-order valence-corrected chi connectivity index (χ1v) is 8.05. The Hall–Kier alpha value is -2.37. The molecule has 0 aliphatic heterocycles. The maximum Gasteiger partial charge on any atom is 0.294 e. The molecule has 8 heteroatoms. The summed E-state index contributed by atoms with van der Waals surface area (Å²) >= 11 is 0. The molecule has 1 aromatic rings. The third kappa shape index (κ3) is 5.55. The van der Waals surface area contributed by atoms with Crippen molar-refractivity contribution < 1.29 is 17.8 Å². The van der Waals surface area contributed by atoms with E-state index in [1.54, 1.807) is 6.07 Å². The fourth-order valence-corrected chi connectivity index (χ4v) is 2.06. The van der Waals surface area contributed by atoms with E-state index in [0.717, 1.165) is 18.9 Å². The number of nitriles is 1. The molecule has 1 amide bonds. The van der Waals surface area contributed by atoms with Gasteiger partial charge in [0, 0.05) is 18.4 Å². The van der Waals surface area contributed by atoms with E-state index in [2.05, 4.69) is 10.6 Å². The normalized spacial score (nSPS) is 11.6. The Morgan fingerprint density at radius 1 is 1.45 bits per heavy atom. The van der Waals surface area contributed by atoms with Crippen LogP contribution in [0.5, 0.6) is 0 Å². The van der Waals surface area contributed by atoms with Gasteiger partial charge in [0.1, 0.15) is 11.6 Å². The molecule has 3 N–H and O–H groups in total. The topological polar surface area (TPSA) is 119 Å². The van der Waals surface area contributed by atoms with Crippen LogP contribution in [0.3, 0.4) is 0 Å². The molecule has 0 heterocycles. The highest BCUT2D eigenvalue weighted by atomic mass is 32.2. The number of amides is 1. The van der Waals surface area contributed by atoms with E-state index in [9.17, 15) is 13.2 Å². The Morgan fingerprint density at radius 3 is 2.77 bits per heavy atom. The molecule has 0 saturated heterocycles. The van der Waals surface area contributed by atoms with Crippen LogP contribution in [0.2, 0.25) is 0 Å². The van der Waals surface area contributed by atoms with E-state index < -0.39 is 16.0 Å². The van der Waals surface area contributed by atoms with E-state index >= 15 is 0 Å². The van der Waals surface area contributed by atoms with Crippen LogP contribution in [0.1, 0.15) is 19.8 Å². The summed E-state index contributed by atoms with van der Waals surface area (Å²) in [6.07, 6.45) is 3.21. The Balaban J connectivity index is 2.81. The van der Waals surface area contributed by atoms with Crippen LogP contribution in [0.4, 0.5) is 5.69 Å². The van der Waals surface area contributed by atoms with Gasteiger partial charge in [-0.05, 0) is 24.6 Å². The standard InChI is InChI=1S/C14H17N3O4S/c1-2-3-7-16-10-11(9-15)14(18)17-12-5-4-6-13(8-12)22(19,20)21/h4-6,8,10,16H,2-3,7H2,1H3,(H,17,18)(H,19,20,21)/b11-10-. The van der Waals surface area contributed by atoms with Gasteiger partial charge in [-0.2, -0.15) is 13.7 Å². The van der Waals surface area contributed by atoms with Gasteiger partial charge >= 0.3 is 0 Å². The van der Waals surface area contributed by atoms with Crippen LogP contribution in [0.25, 0.3) is 0 Å². The minimum Gasteiger partial charge on any atom is -0.390 e. The zero-order chi connectivity index (χ0) is 16.6. The number of nitrogens with one attached hydrogen (secondary N) is 2. The predicted octanol–water partition coefficient (Wildman–Crippen LogP) is 1.67. The van der Waals surface area contributed by atoms with Crippen molar-refractivity contribution in [3.8, 4) is 6.07 Å². The van der Waals surface area contributed by atoms with Gasteiger partial charge in [0.15, 0.2) is 0 Å². The maximum atomic E-state index is 11.9. The highest BCUT2D eigenvalue weighted by molar-refractivity contribution is 7.85. The molecule has 1 rings (SSSR count). The summed E-state index contributed by atoms with van der Waals surface area (Å²) < 4.78 is 31.0. The average molecular weight is 323 g/mol. The fourth-order valence-electron chi connectivity index (χ4n) is 1.53. The van der Waals surface area contributed by atoms with E-state index in [1.165, 1.54) is 24.4 Å². The summed E-state index contributed by atoms with van der Waals surface area (Å²) in [5, 5.41) is 14.2. The smallest absolute Gasteiger partial charge is 0.294 e. The lowest BCUT2D eigenvalue weighted by molar-refractivity contribution is -0.112. The number of nitrogens with zero attached hydrogens (tertiary/aromatic N) is 1. The zero-order valence-corrected chi connectivity index (χ0v) is 12.9. The van der Waals surface area contributed by atoms with Gasteiger partial charge in [-0.15, -0.1) is 0 Å². The van der Waals surface area contributed by atoms with Gasteiger partial charge in [0.05, 0.1) is 4.90 Å². The number of unbranched alkanes of at least 4 members (excludes halogenated alkanes) is 1. The average Bonchev–Trinajstić information content (AvgIpc) is 2.46. The highest BCUT2D eigenvalue weighted by Crippen LogP contribution is 2.15. The van der Waals surface area contributed by atoms with Crippen molar-refractivity contribution in [3.05, 3.63) is 36.0 Å². The number of carbonyl (C=O) groups is 1. The zero-order valence-electron chi connectivity index (χ0n) is 12.0. The predicted molar refractivity (Wildman–Crippen MR) is 81.5 cm³/mol. The summed E-state index contributed by atoms with van der Waals surface area (Å²) in [5.41, 5.74) is 0.0307. The third-order valence-electron chi connectivity index (χ3n) is 2.68. The minimum atomic E-state index is -4.35. The fraction of sp³-hybridized carbons (Fsp3) is 0.286. The van der Waals surface area contributed by atoms with Crippen molar-refractivity contribution in [2.24, 2.45) is 0 Å². The summed E-state index contributed by atoms with van der Waals surface area (Å²) in [6, 6.07) is 6.88. The molecule has 0 atom stereocenters. The second kappa shape index (κ2) is 8.17. The first-order chi connectivity index (χ1) is 10.4. The molecule has 0 unspecified atom stereocenters. The van der Waals surface area contributed by atoms with Crippen molar-refractivity contribution in [1.29, 1.82) is 5.26 Å². The Bertz CT molecular complexity index is 705. The molecular weight excluding hydrogens is 306 g/mol. The number of benzene rings is 1. The number of hydrogen-bond donors (Lipinski definition) is 3. The highest BCUT2D eigenvalue weighted by Gasteiger charge is 2.13. The second-order valence-corrected chi connectivity index (χ2v) is 5.86. The molecule has 0 radical (unpaired) electrons. The molecule has 22 heavy (non-hydrogen) atoms. The van der Waals surface area contributed by atoms with E-state index in [-0.39, 0.29) is 16.2 Å². The van der Waals surface area contributed by atoms with Crippen LogP contribution < -0.4 is 10.6 Å². The van der Waals surface area contributed by atoms with Crippen LogP contribution in [0, 0.1) is 11.3 Å². The molecular formula is C14H17N3O4S. The van der Waals surface area contributed by atoms with Gasteiger partial charge in [-0.3, -0.25) is 9.35 Å². The van der Waals surface area contributed by atoms with Crippen molar-refractivity contribution >= 4 is 21.7 Å². The maximum absolute atomic E-state index is 11.9. The van der Waals surface area contributed by atoms with Gasteiger partial charge in [-0.25, -0.2) is 0 Å². The molecule has 0 bridgehead atoms. The Morgan fingerprint density at radius 2 is 2.18 bits per heavy atom. The molecule has 0 aliphatic rings. The lowest BCUT2D eigenvalue weighted by atomic mass is 10.2. The van der Waals surface area contributed by atoms with Gasteiger partial charge in [0.2, 0.25) is 0 Å². The SMILES string of the molecule is CCCCN/C=C(/C#N)C(=O)Nc1cccc(S(=O)(=O)O)c1. The molecule has 0 aliphatic carbocycles. The first kappa shape index (κ1) is 17.7. The van der Waals surface area contributed by atoms with E-state index in [4.69, 9.17) is 9.81 Å². The van der Waals surface area contributed by atoms with Crippen LogP contribution in [-0.2, 0) is 14.9 Å². The van der Waals surface area contributed by atoms with Crippen LogP contribution in [0.15, 0.2) is 40.9 Å². The van der Waals surface area contributed by atoms with Gasteiger partial charge in [0.25, 0.3) is 16.0 Å². The molecule has 0 aromatic heterocycles. The van der Waals surface area contributed by atoms with Gasteiger partial charge < -0.3 is 10.6 Å². The quantitative estimate of drug-likeness (QED) is 0.304. The lowest BCUT2D eigenvalue weighted by Gasteiger charge is -2.06. The summed E-state index contributed by atoms with van der Waals surface area (Å²) in [6.45, 7) is 2.67. The van der Waals surface area contributed by atoms with E-state index in [1.807, 2.05) is 6.92 Å². The van der Waals surface area contributed by atoms with Crippen molar-refractivity contribution in [2.45, 2.75) is 24.7 Å². The minimum absolute atomic E-state index is 0.131. The Kier molecular flexibility index (Phi) is 6.56. The molecule has 0 spiro atoms. The first-order valence-electron chi connectivity index (χ1n) is 6.61. The number of rotatable bonds is 7. The monoisotopic (exact) mass is 323 g/mol. The molecule has 1 aromatic carbocycles. The largest absolute Gasteiger partial charge is 0.390 e. The molecule has 0 saturated carbocycles. The second-order valence-electron chi connectivity index (χ2n) is 4.43. The molecule has 7 nitrogen and oxygen atoms in total. The number of hydrogen-bond acceptors (Lipinski definition) is 5. The van der Waals surface area contributed by atoms with Crippen molar-refractivity contribution in [3.63, 3.8) is 0 Å². The molecule has 0 fully saturated rings. The summed E-state index contributed by atoms with van der Waals surface area (Å²) in [4.78, 5) is 11.6.